The zero-order valence-electron chi connectivity index (χ0n) is 19.2. The van der Waals surface area contributed by atoms with Crippen molar-refractivity contribution >= 4 is 29.3 Å². The van der Waals surface area contributed by atoms with Gasteiger partial charge in [0.2, 0.25) is 5.91 Å². The molecule has 1 fully saturated rings. The van der Waals surface area contributed by atoms with Gasteiger partial charge < -0.3 is 15.4 Å². The minimum absolute atomic E-state index is 0.0890. The van der Waals surface area contributed by atoms with Crippen LogP contribution in [0.5, 0.6) is 0 Å². The number of ether oxygens (including phenoxy) is 1. The highest BCUT2D eigenvalue weighted by molar-refractivity contribution is 5.98. The highest BCUT2D eigenvalue weighted by atomic mass is 19.1. The Hall–Kier alpha value is -4.20. The van der Waals surface area contributed by atoms with Crippen LogP contribution in [0.1, 0.15) is 37.0 Å². The summed E-state index contributed by atoms with van der Waals surface area (Å²) in [7, 11) is 0. The van der Waals surface area contributed by atoms with Crippen LogP contribution in [0, 0.1) is 5.82 Å². The highest BCUT2D eigenvalue weighted by Crippen LogP contribution is 2.35. The molecule has 1 heterocycles. The second-order valence-electron chi connectivity index (χ2n) is 8.28. The van der Waals surface area contributed by atoms with Gasteiger partial charge in [-0.3, -0.25) is 14.5 Å². The zero-order chi connectivity index (χ0) is 24.8. The third kappa shape index (κ3) is 5.84. The number of halogens is 1. The fraction of sp³-hybridized carbons (Fsp3) is 0.222. The summed E-state index contributed by atoms with van der Waals surface area (Å²) in [5.41, 5.74) is 2.32. The lowest BCUT2D eigenvalue weighted by atomic mass is 10.00. The van der Waals surface area contributed by atoms with Crippen LogP contribution in [0.15, 0.2) is 78.9 Å². The number of anilines is 2. The predicted molar refractivity (Wildman–Crippen MR) is 130 cm³/mol. The van der Waals surface area contributed by atoms with Gasteiger partial charge in [0.25, 0.3) is 5.91 Å². The van der Waals surface area contributed by atoms with Crippen LogP contribution in [0.25, 0.3) is 0 Å². The maximum atomic E-state index is 13.7. The number of carbonyl (C=O) groups excluding carboxylic acids is 3. The van der Waals surface area contributed by atoms with Crippen LogP contribution in [0.4, 0.5) is 20.6 Å². The van der Waals surface area contributed by atoms with Crippen molar-refractivity contribution in [2.45, 2.75) is 38.5 Å². The largest absolute Gasteiger partial charge is 0.438 e. The molecule has 3 aromatic rings. The Kier molecular flexibility index (Phi) is 7.40. The SMILES string of the molecule is CCCC(=O)Nc1ccc(C2OC(=O)N(Cc3ccccc3)C2C(=O)Nc2cccc(F)c2)cc1. The fourth-order valence-corrected chi connectivity index (χ4v) is 3.98. The van der Waals surface area contributed by atoms with Crippen molar-refractivity contribution in [2.75, 3.05) is 10.6 Å². The molecular formula is C27H26FN3O4. The molecule has 0 radical (unpaired) electrons. The number of rotatable bonds is 8. The number of cyclic esters (lactones) is 1. The Bertz CT molecular complexity index is 1200. The summed E-state index contributed by atoms with van der Waals surface area (Å²) in [6.45, 7) is 2.09. The lowest BCUT2D eigenvalue weighted by Gasteiger charge is -2.24. The summed E-state index contributed by atoms with van der Waals surface area (Å²) in [5, 5.41) is 5.51. The Balaban J connectivity index is 1.60. The number of carbonyl (C=O) groups is 3. The summed E-state index contributed by atoms with van der Waals surface area (Å²) in [6.07, 6.45) is -0.362. The molecule has 2 N–H and O–H groups in total. The van der Waals surface area contributed by atoms with E-state index < -0.39 is 30.0 Å². The van der Waals surface area contributed by atoms with Crippen LogP contribution >= 0.6 is 0 Å². The third-order valence-electron chi connectivity index (χ3n) is 5.64. The number of nitrogens with one attached hydrogen (secondary N) is 2. The molecule has 2 unspecified atom stereocenters. The molecule has 1 aliphatic rings. The van der Waals surface area contributed by atoms with Crippen LogP contribution in [0.2, 0.25) is 0 Å². The van der Waals surface area contributed by atoms with Crippen molar-refractivity contribution in [3.63, 3.8) is 0 Å². The number of amides is 3. The minimum atomic E-state index is -0.994. The van der Waals surface area contributed by atoms with E-state index in [2.05, 4.69) is 10.6 Å². The summed E-state index contributed by atoms with van der Waals surface area (Å²) in [4.78, 5) is 39.5. The van der Waals surface area contributed by atoms with E-state index >= 15 is 0 Å². The average molecular weight is 476 g/mol. The molecular weight excluding hydrogens is 449 g/mol. The van der Waals surface area contributed by atoms with E-state index in [0.29, 0.717) is 17.7 Å². The topological polar surface area (TPSA) is 87.7 Å². The second kappa shape index (κ2) is 10.8. The molecule has 1 aliphatic heterocycles. The van der Waals surface area contributed by atoms with Gasteiger partial charge >= 0.3 is 6.09 Å². The first-order valence-corrected chi connectivity index (χ1v) is 11.4. The van der Waals surface area contributed by atoms with Gasteiger partial charge in [-0.1, -0.05) is 55.5 Å². The van der Waals surface area contributed by atoms with Gasteiger partial charge in [-0.25, -0.2) is 9.18 Å². The monoisotopic (exact) mass is 475 g/mol. The normalized spacial score (nSPS) is 17.1. The number of hydrogen-bond donors (Lipinski definition) is 2. The quantitative estimate of drug-likeness (QED) is 0.465. The molecule has 4 rings (SSSR count). The average Bonchev–Trinajstić information content (AvgIpc) is 3.16. The Morgan fingerprint density at radius 2 is 1.69 bits per heavy atom. The molecule has 0 saturated carbocycles. The Labute approximate surface area is 202 Å². The molecule has 0 bridgehead atoms. The third-order valence-corrected chi connectivity index (χ3v) is 5.64. The van der Waals surface area contributed by atoms with E-state index in [1.165, 1.54) is 23.1 Å². The predicted octanol–water partition coefficient (Wildman–Crippen LogP) is 5.27. The smallest absolute Gasteiger partial charge is 0.411 e. The number of benzene rings is 3. The molecule has 1 saturated heterocycles. The first-order valence-electron chi connectivity index (χ1n) is 11.4. The van der Waals surface area contributed by atoms with Crippen molar-refractivity contribution < 1.29 is 23.5 Å². The molecule has 3 amide bonds. The molecule has 0 aromatic heterocycles. The molecule has 2 atom stereocenters. The van der Waals surface area contributed by atoms with Crippen molar-refractivity contribution in [2.24, 2.45) is 0 Å². The molecule has 8 heteroatoms. The van der Waals surface area contributed by atoms with Gasteiger partial charge in [-0.2, -0.15) is 0 Å². The maximum Gasteiger partial charge on any atom is 0.411 e. The van der Waals surface area contributed by atoms with Crippen LogP contribution < -0.4 is 10.6 Å². The summed E-state index contributed by atoms with van der Waals surface area (Å²) in [5.74, 6) is -1.07. The van der Waals surface area contributed by atoms with Crippen molar-refractivity contribution in [3.8, 4) is 0 Å². The molecule has 35 heavy (non-hydrogen) atoms. The molecule has 0 aliphatic carbocycles. The minimum Gasteiger partial charge on any atom is -0.438 e. The van der Waals surface area contributed by atoms with Crippen LogP contribution in [-0.4, -0.2) is 28.8 Å². The van der Waals surface area contributed by atoms with Crippen molar-refractivity contribution in [1.82, 2.24) is 4.90 Å². The van der Waals surface area contributed by atoms with Gasteiger partial charge in [0, 0.05) is 17.8 Å². The molecule has 3 aromatic carbocycles. The van der Waals surface area contributed by atoms with Gasteiger partial charge in [0.15, 0.2) is 12.1 Å². The van der Waals surface area contributed by atoms with Gasteiger partial charge in [0.05, 0.1) is 6.54 Å². The van der Waals surface area contributed by atoms with E-state index in [9.17, 15) is 18.8 Å². The summed E-state index contributed by atoms with van der Waals surface area (Å²) < 4.78 is 19.3. The lowest BCUT2D eigenvalue weighted by molar-refractivity contribution is -0.121. The molecule has 7 nitrogen and oxygen atoms in total. The number of hydrogen-bond acceptors (Lipinski definition) is 4. The van der Waals surface area contributed by atoms with Crippen molar-refractivity contribution in [3.05, 3.63) is 95.8 Å². The molecule has 0 spiro atoms. The highest BCUT2D eigenvalue weighted by Gasteiger charge is 2.47. The zero-order valence-corrected chi connectivity index (χ0v) is 19.2. The van der Waals surface area contributed by atoms with Crippen molar-refractivity contribution in [1.29, 1.82) is 0 Å². The Morgan fingerprint density at radius 1 is 0.943 bits per heavy atom. The summed E-state index contributed by atoms with van der Waals surface area (Å²) in [6, 6.07) is 20.7. The van der Waals surface area contributed by atoms with Crippen LogP contribution in [-0.2, 0) is 20.9 Å². The lowest BCUT2D eigenvalue weighted by Crippen LogP contribution is -2.43. The van der Waals surface area contributed by atoms with E-state index in [0.717, 1.165) is 12.0 Å². The maximum absolute atomic E-state index is 13.7. The van der Waals surface area contributed by atoms with Gasteiger partial charge in [-0.15, -0.1) is 0 Å². The molecule has 180 valence electrons. The van der Waals surface area contributed by atoms with Gasteiger partial charge in [0.1, 0.15) is 5.82 Å². The first-order chi connectivity index (χ1) is 16.9. The summed E-state index contributed by atoms with van der Waals surface area (Å²) >= 11 is 0. The Morgan fingerprint density at radius 3 is 2.37 bits per heavy atom. The second-order valence-corrected chi connectivity index (χ2v) is 8.28. The van der Waals surface area contributed by atoms with Crippen LogP contribution in [0.3, 0.4) is 0 Å². The fourth-order valence-electron chi connectivity index (χ4n) is 3.98. The first kappa shape index (κ1) is 23.9. The van der Waals surface area contributed by atoms with E-state index in [-0.39, 0.29) is 18.1 Å². The van der Waals surface area contributed by atoms with E-state index in [4.69, 9.17) is 4.74 Å². The number of nitrogens with zero attached hydrogens (tertiary/aromatic N) is 1. The van der Waals surface area contributed by atoms with E-state index in [1.807, 2.05) is 37.3 Å². The standard InChI is InChI=1S/C27H26FN3O4/c1-2-7-23(32)29-21-14-12-19(13-15-21)25-24(26(33)30-22-11-6-10-20(28)16-22)31(27(34)35-25)17-18-8-4-3-5-9-18/h3-6,8-16,24-25H,2,7,17H2,1H3,(H,29,32)(H,30,33). The van der Waals surface area contributed by atoms with E-state index in [1.54, 1.807) is 30.3 Å². The van der Waals surface area contributed by atoms with Gasteiger partial charge in [-0.05, 0) is 47.9 Å².